The Morgan fingerprint density at radius 3 is 2.31 bits per heavy atom. The van der Waals surface area contributed by atoms with Gasteiger partial charge in [0, 0.05) is 30.5 Å². The van der Waals surface area contributed by atoms with Crippen molar-refractivity contribution in [3.8, 4) is 22.8 Å². The van der Waals surface area contributed by atoms with Crippen LogP contribution in [0.4, 0.5) is 0 Å². The van der Waals surface area contributed by atoms with Gasteiger partial charge in [-0.05, 0) is 93.5 Å². The molecule has 2 aliphatic heterocycles. The zero-order valence-corrected chi connectivity index (χ0v) is 21.7. The van der Waals surface area contributed by atoms with Gasteiger partial charge in [-0.3, -0.25) is 0 Å². The number of fused-ring (bicyclic) bond motifs is 1. The second kappa shape index (κ2) is 10.6. The van der Waals surface area contributed by atoms with Crippen LogP contribution in [-0.4, -0.2) is 72.2 Å². The SMILES string of the molecule is COc1ccc(-c2cn3cc(C4CCN(C5CCN(CC(C)C)CC5)CC4)ccc3n2)cc1OC. The average Bonchev–Trinajstić information content (AvgIpc) is 3.32. The van der Waals surface area contributed by atoms with Crippen LogP contribution in [0.2, 0.25) is 0 Å². The maximum atomic E-state index is 5.48. The lowest BCUT2D eigenvalue weighted by atomic mass is 9.88. The Hall–Kier alpha value is -2.57. The van der Waals surface area contributed by atoms with E-state index in [0.29, 0.717) is 5.92 Å². The monoisotopic (exact) mass is 476 g/mol. The molecule has 0 bridgehead atoms. The van der Waals surface area contributed by atoms with Crippen LogP contribution >= 0.6 is 0 Å². The van der Waals surface area contributed by atoms with Crippen LogP contribution in [0.15, 0.2) is 42.7 Å². The number of aromatic nitrogens is 2. The highest BCUT2D eigenvalue weighted by Crippen LogP contribution is 2.34. The smallest absolute Gasteiger partial charge is 0.161 e. The van der Waals surface area contributed by atoms with Crippen LogP contribution in [0, 0.1) is 5.92 Å². The third-order valence-electron chi connectivity index (χ3n) is 7.85. The Morgan fingerprint density at radius 1 is 0.886 bits per heavy atom. The number of hydrogen-bond donors (Lipinski definition) is 0. The quantitative estimate of drug-likeness (QED) is 0.462. The van der Waals surface area contributed by atoms with E-state index < -0.39 is 0 Å². The van der Waals surface area contributed by atoms with Crippen molar-refractivity contribution in [2.75, 3.05) is 46.9 Å². The lowest BCUT2D eigenvalue weighted by Crippen LogP contribution is -2.48. The molecule has 0 N–H and O–H groups in total. The van der Waals surface area contributed by atoms with E-state index >= 15 is 0 Å². The van der Waals surface area contributed by atoms with E-state index in [1.807, 2.05) is 18.2 Å². The molecule has 0 aliphatic carbocycles. The number of nitrogens with zero attached hydrogens (tertiary/aromatic N) is 4. The molecule has 4 heterocycles. The van der Waals surface area contributed by atoms with Gasteiger partial charge in [0.1, 0.15) is 5.65 Å². The van der Waals surface area contributed by atoms with E-state index in [2.05, 4.69) is 52.6 Å². The highest BCUT2D eigenvalue weighted by molar-refractivity contribution is 5.66. The molecule has 2 aliphatic rings. The van der Waals surface area contributed by atoms with Crippen molar-refractivity contribution in [3.05, 3.63) is 48.3 Å². The van der Waals surface area contributed by atoms with E-state index in [4.69, 9.17) is 14.5 Å². The summed E-state index contributed by atoms with van der Waals surface area (Å²) in [6.45, 7) is 10.9. The summed E-state index contributed by atoms with van der Waals surface area (Å²) < 4.78 is 13.0. The van der Waals surface area contributed by atoms with Crippen molar-refractivity contribution in [1.29, 1.82) is 0 Å². The second-order valence-corrected chi connectivity index (χ2v) is 10.7. The van der Waals surface area contributed by atoms with E-state index in [-0.39, 0.29) is 0 Å². The first-order valence-electron chi connectivity index (χ1n) is 13.2. The van der Waals surface area contributed by atoms with Crippen molar-refractivity contribution in [2.24, 2.45) is 5.92 Å². The molecule has 188 valence electrons. The van der Waals surface area contributed by atoms with Gasteiger partial charge in [-0.1, -0.05) is 19.9 Å². The number of rotatable bonds is 7. The molecular formula is C29H40N4O2. The molecule has 6 heteroatoms. The number of benzene rings is 1. The molecular weight excluding hydrogens is 436 g/mol. The van der Waals surface area contributed by atoms with Crippen LogP contribution in [0.25, 0.3) is 16.9 Å². The number of ether oxygens (including phenoxy) is 2. The van der Waals surface area contributed by atoms with E-state index in [1.54, 1.807) is 14.2 Å². The highest BCUT2D eigenvalue weighted by Gasteiger charge is 2.29. The van der Waals surface area contributed by atoms with Crippen LogP contribution in [0.3, 0.4) is 0 Å². The molecule has 2 aromatic heterocycles. The molecule has 1 aromatic carbocycles. The molecule has 0 saturated carbocycles. The van der Waals surface area contributed by atoms with Gasteiger partial charge < -0.3 is 23.7 Å². The lowest BCUT2D eigenvalue weighted by molar-refractivity contribution is 0.0828. The molecule has 0 amide bonds. The molecule has 0 atom stereocenters. The van der Waals surface area contributed by atoms with Crippen LogP contribution in [0.5, 0.6) is 11.5 Å². The van der Waals surface area contributed by atoms with Gasteiger partial charge in [0.15, 0.2) is 11.5 Å². The number of methoxy groups -OCH3 is 2. The Kier molecular flexibility index (Phi) is 7.30. The van der Waals surface area contributed by atoms with Crippen molar-refractivity contribution >= 4 is 5.65 Å². The third kappa shape index (κ3) is 5.34. The first-order chi connectivity index (χ1) is 17.0. The van der Waals surface area contributed by atoms with Gasteiger partial charge in [-0.15, -0.1) is 0 Å². The molecule has 0 unspecified atom stereocenters. The zero-order chi connectivity index (χ0) is 24.4. The molecule has 2 saturated heterocycles. The summed E-state index contributed by atoms with van der Waals surface area (Å²) in [5, 5.41) is 0. The predicted molar refractivity (Wildman–Crippen MR) is 142 cm³/mol. The molecule has 0 spiro atoms. The molecule has 6 nitrogen and oxygen atoms in total. The predicted octanol–water partition coefficient (Wildman–Crippen LogP) is 5.32. The normalized spacial score (nSPS) is 19.0. The van der Waals surface area contributed by atoms with Gasteiger partial charge in [0.25, 0.3) is 0 Å². The summed E-state index contributed by atoms with van der Waals surface area (Å²) in [7, 11) is 3.32. The summed E-state index contributed by atoms with van der Waals surface area (Å²) in [5.74, 6) is 2.85. The molecule has 5 rings (SSSR count). The van der Waals surface area contributed by atoms with Crippen molar-refractivity contribution in [2.45, 2.75) is 51.5 Å². The lowest BCUT2D eigenvalue weighted by Gasteiger charge is -2.42. The summed E-state index contributed by atoms with van der Waals surface area (Å²) in [5.41, 5.74) is 4.38. The minimum atomic E-state index is 0.628. The topological polar surface area (TPSA) is 42.2 Å². The maximum absolute atomic E-state index is 5.48. The van der Waals surface area contributed by atoms with Gasteiger partial charge in [-0.2, -0.15) is 0 Å². The van der Waals surface area contributed by atoms with Crippen molar-refractivity contribution < 1.29 is 9.47 Å². The van der Waals surface area contributed by atoms with E-state index in [0.717, 1.165) is 40.4 Å². The first-order valence-corrected chi connectivity index (χ1v) is 13.2. The fourth-order valence-electron chi connectivity index (χ4n) is 5.97. The van der Waals surface area contributed by atoms with Crippen molar-refractivity contribution in [3.63, 3.8) is 0 Å². The van der Waals surface area contributed by atoms with Crippen molar-refractivity contribution in [1.82, 2.24) is 19.2 Å². The second-order valence-electron chi connectivity index (χ2n) is 10.7. The molecule has 35 heavy (non-hydrogen) atoms. The maximum Gasteiger partial charge on any atom is 0.161 e. The fourth-order valence-corrected chi connectivity index (χ4v) is 5.97. The summed E-state index contributed by atoms with van der Waals surface area (Å²) in [6, 6.07) is 11.2. The largest absolute Gasteiger partial charge is 0.493 e. The van der Waals surface area contributed by atoms with Gasteiger partial charge in [0.2, 0.25) is 0 Å². The standard InChI is InChI=1S/C29H40N4O2/c1-21(2)18-31-13-11-25(12-14-31)32-15-9-22(10-16-32)24-6-8-29-30-26(20-33(29)19-24)23-5-7-27(34-3)28(17-23)35-4/h5-8,17,19-22,25H,9-16,18H2,1-4H3. The minimum Gasteiger partial charge on any atom is -0.493 e. The van der Waals surface area contributed by atoms with Crippen LogP contribution in [-0.2, 0) is 0 Å². The molecule has 2 fully saturated rings. The minimum absolute atomic E-state index is 0.628. The molecule has 3 aromatic rings. The van der Waals surface area contributed by atoms with Gasteiger partial charge in [0.05, 0.1) is 19.9 Å². The Balaban J connectivity index is 1.22. The zero-order valence-electron chi connectivity index (χ0n) is 21.7. The molecule has 0 radical (unpaired) electrons. The highest BCUT2D eigenvalue weighted by atomic mass is 16.5. The summed E-state index contributed by atoms with van der Waals surface area (Å²) in [6.07, 6.45) is 9.57. The fraction of sp³-hybridized carbons (Fsp3) is 0.552. The Bertz CT molecular complexity index is 1120. The third-order valence-corrected chi connectivity index (χ3v) is 7.85. The van der Waals surface area contributed by atoms with Gasteiger partial charge >= 0.3 is 0 Å². The summed E-state index contributed by atoms with van der Waals surface area (Å²) in [4.78, 5) is 10.3. The average molecular weight is 477 g/mol. The first kappa shape index (κ1) is 24.1. The Morgan fingerprint density at radius 2 is 1.63 bits per heavy atom. The Labute approximate surface area is 209 Å². The summed E-state index contributed by atoms with van der Waals surface area (Å²) >= 11 is 0. The number of piperidine rings is 2. The number of pyridine rings is 1. The number of likely N-dealkylation sites (tertiary alicyclic amines) is 2. The van der Waals surface area contributed by atoms with E-state index in [1.165, 1.54) is 64.0 Å². The number of imidazole rings is 1. The van der Waals surface area contributed by atoms with E-state index in [9.17, 15) is 0 Å². The number of hydrogen-bond acceptors (Lipinski definition) is 5. The van der Waals surface area contributed by atoms with Gasteiger partial charge in [-0.25, -0.2) is 4.98 Å². The van der Waals surface area contributed by atoms with Crippen LogP contribution in [0.1, 0.15) is 51.0 Å². The van der Waals surface area contributed by atoms with Crippen LogP contribution < -0.4 is 9.47 Å².